The number of hydrogen-bond acceptors (Lipinski definition) is 5. The lowest BCUT2D eigenvalue weighted by molar-refractivity contribution is -0.297. The molecular formula is C9H8NO4-. The Morgan fingerprint density at radius 2 is 2.14 bits per heavy atom. The van der Waals surface area contributed by atoms with Gasteiger partial charge in [-0.05, 0) is 23.8 Å². The topological polar surface area (TPSA) is 83.8 Å². The molecule has 0 radical (unpaired) electrons. The minimum absolute atomic E-state index is 0.0453. The highest BCUT2D eigenvalue weighted by Gasteiger charge is 1.97. The number of hydrogen-bond donors (Lipinski definition) is 2. The molecule has 2 N–H and O–H groups in total. The van der Waals surface area contributed by atoms with E-state index in [9.17, 15) is 9.90 Å². The average molecular weight is 194 g/mol. The molecule has 74 valence electrons. The Morgan fingerprint density at radius 1 is 1.43 bits per heavy atom. The molecule has 0 atom stereocenters. The highest BCUT2D eigenvalue weighted by Crippen LogP contribution is 2.13. The van der Waals surface area contributed by atoms with Crippen molar-refractivity contribution in [3.63, 3.8) is 0 Å². The van der Waals surface area contributed by atoms with Crippen molar-refractivity contribution in [2.24, 2.45) is 0 Å². The number of carboxylic acid groups (broad SMARTS) is 1. The number of rotatable bonds is 3. The van der Waals surface area contributed by atoms with Gasteiger partial charge in [-0.2, -0.15) is 0 Å². The van der Waals surface area contributed by atoms with Crippen LogP contribution in [0.25, 0.3) is 6.08 Å². The van der Waals surface area contributed by atoms with Crippen molar-refractivity contribution in [1.29, 1.82) is 0 Å². The number of carbonyl (C=O) groups excluding carboxylic acids is 1. The maximum atomic E-state index is 10.1. The van der Waals surface area contributed by atoms with Crippen LogP contribution in [0.3, 0.4) is 0 Å². The maximum Gasteiger partial charge on any atom is 0.0948 e. The predicted octanol–water partition coefficient (Wildman–Crippen LogP) is 0.0345. The van der Waals surface area contributed by atoms with E-state index in [2.05, 4.69) is 0 Å². The van der Waals surface area contributed by atoms with Crippen LogP contribution in [0.4, 0.5) is 5.69 Å². The summed E-state index contributed by atoms with van der Waals surface area (Å²) < 4.78 is 0. The predicted molar refractivity (Wildman–Crippen MR) is 46.5 cm³/mol. The monoisotopic (exact) mass is 194 g/mol. The standard InChI is InChI=1S/C9H9NO4/c11-9(12)5-4-7-2-1-3-8(6-7)10(13)14/h1-6,13-14H,(H,11,12)/p-1. The first-order chi connectivity index (χ1) is 6.59. The molecule has 0 heterocycles. The van der Waals surface area contributed by atoms with Crippen molar-refractivity contribution in [1.82, 2.24) is 0 Å². The summed E-state index contributed by atoms with van der Waals surface area (Å²) in [5.41, 5.74) is 0.672. The Hall–Kier alpha value is -1.85. The Labute approximate surface area is 80.0 Å². The van der Waals surface area contributed by atoms with Gasteiger partial charge in [0.15, 0.2) is 0 Å². The van der Waals surface area contributed by atoms with E-state index in [0.717, 1.165) is 6.08 Å². The summed E-state index contributed by atoms with van der Waals surface area (Å²) in [5.74, 6) is -1.31. The van der Waals surface area contributed by atoms with E-state index in [1.54, 1.807) is 12.1 Å². The average Bonchev–Trinajstić information content (AvgIpc) is 2.15. The normalized spacial score (nSPS) is 10.4. The summed E-state index contributed by atoms with van der Waals surface area (Å²) in [6, 6.07) is 6.03. The molecule has 0 saturated carbocycles. The van der Waals surface area contributed by atoms with Gasteiger partial charge in [-0.3, -0.25) is 10.4 Å². The molecule has 0 saturated heterocycles. The van der Waals surface area contributed by atoms with Crippen molar-refractivity contribution in [2.75, 3.05) is 5.23 Å². The second-order valence-electron chi connectivity index (χ2n) is 2.54. The fourth-order valence-electron chi connectivity index (χ4n) is 0.917. The van der Waals surface area contributed by atoms with Crippen LogP contribution in [0.15, 0.2) is 30.3 Å². The summed E-state index contributed by atoms with van der Waals surface area (Å²) in [6.45, 7) is 0. The molecule has 0 unspecified atom stereocenters. The van der Waals surface area contributed by atoms with Gasteiger partial charge in [0.1, 0.15) is 0 Å². The first kappa shape index (κ1) is 10.2. The van der Waals surface area contributed by atoms with Crippen LogP contribution >= 0.6 is 0 Å². The van der Waals surface area contributed by atoms with Gasteiger partial charge in [0.2, 0.25) is 0 Å². The number of aliphatic carboxylic acids is 1. The highest BCUT2D eigenvalue weighted by molar-refractivity contribution is 5.83. The van der Waals surface area contributed by atoms with Gasteiger partial charge < -0.3 is 9.90 Å². The van der Waals surface area contributed by atoms with Crippen LogP contribution in [0.1, 0.15) is 5.56 Å². The fourth-order valence-corrected chi connectivity index (χ4v) is 0.917. The maximum absolute atomic E-state index is 10.1. The summed E-state index contributed by atoms with van der Waals surface area (Å²) >= 11 is 0. The first-order valence-corrected chi connectivity index (χ1v) is 3.76. The molecule has 1 aromatic carbocycles. The molecule has 0 bridgehead atoms. The Balaban J connectivity index is 2.89. The zero-order valence-electron chi connectivity index (χ0n) is 7.12. The largest absolute Gasteiger partial charge is 0.545 e. The van der Waals surface area contributed by atoms with Gasteiger partial charge in [-0.25, -0.2) is 0 Å². The van der Waals surface area contributed by atoms with E-state index in [1.807, 2.05) is 0 Å². The molecule has 1 aromatic rings. The van der Waals surface area contributed by atoms with Crippen LogP contribution in [0, 0.1) is 0 Å². The first-order valence-electron chi connectivity index (χ1n) is 3.76. The van der Waals surface area contributed by atoms with E-state index in [1.165, 1.54) is 18.2 Å². The van der Waals surface area contributed by atoms with Crippen molar-refractivity contribution < 1.29 is 20.3 Å². The molecule has 0 amide bonds. The molecule has 5 heteroatoms. The highest BCUT2D eigenvalue weighted by atomic mass is 16.8. The van der Waals surface area contributed by atoms with Crippen molar-refractivity contribution in [2.45, 2.75) is 0 Å². The molecule has 0 fully saturated rings. The molecule has 0 aliphatic carbocycles. The van der Waals surface area contributed by atoms with E-state index in [-0.39, 0.29) is 10.9 Å². The van der Waals surface area contributed by atoms with Gasteiger partial charge in [-0.1, -0.05) is 18.2 Å². The molecule has 1 rings (SSSR count). The zero-order chi connectivity index (χ0) is 10.6. The molecule has 0 aromatic heterocycles. The zero-order valence-corrected chi connectivity index (χ0v) is 7.12. The van der Waals surface area contributed by atoms with E-state index < -0.39 is 5.97 Å². The number of anilines is 1. The van der Waals surface area contributed by atoms with Crippen LogP contribution in [-0.2, 0) is 4.79 Å². The molecule has 0 aliphatic rings. The third kappa shape index (κ3) is 2.89. The fraction of sp³-hybridized carbons (Fsp3) is 0. The lowest BCUT2D eigenvalue weighted by Crippen LogP contribution is -2.18. The number of nitrogens with zero attached hydrogens (tertiary/aromatic N) is 1. The number of carboxylic acids is 1. The third-order valence-electron chi connectivity index (χ3n) is 1.51. The second kappa shape index (κ2) is 4.40. The number of carbonyl (C=O) groups is 1. The Kier molecular flexibility index (Phi) is 3.22. The Morgan fingerprint density at radius 3 is 2.71 bits per heavy atom. The summed E-state index contributed by atoms with van der Waals surface area (Å²) in [5, 5.41) is 27.4. The molecule has 5 nitrogen and oxygen atoms in total. The summed E-state index contributed by atoms with van der Waals surface area (Å²) in [4.78, 5) is 10.1. The summed E-state index contributed by atoms with van der Waals surface area (Å²) in [6.07, 6.45) is 2.15. The van der Waals surface area contributed by atoms with Crippen LogP contribution in [0.2, 0.25) is 0 Å². The van der Waals surface area contributed by atoms with Gasteiger partial charge in [0.25, 0.3) is 0 Å². The van der Waals surface area contributed by atoms with E-state index in [4.69, 9.17) is 10.4 Å². The quantitative estimate of drug-likeness (QED) is 0.524. The van der Waals surface area contributed by atoms with Gasteiger partial charge in [0, 0.05) is 0 Å². The van der Waals surface area contributed by atoms with Crippen LogP contribution in [-0.4, -0.2) is 16.4 Å². The smallest absolute Gasteiger partial charge is 0.0948 e. The van der Waals surface area contributed by atoms with Crippen LogP contribution < -0.4 is 10.3 Å². The van der Waals surface area contributed by atoms with E-state index in [0.29, 0.717) is 5.56 Å². The van der Waals surface area contributed by atoms with Crippen molar-refractivity contribution >= 4 is 17.7 Å². The van der Waals surface area contributed by atoms with Gasteiger partial charge >= 0.3 is 0 Å². The lowest BCUT2D eigenvalue weighted by atomic mass is 10.2. The molecule has 14 heavy (non-hydrogen) atoms. The third-order valence-corrected chi connectivity index (χ3v) is 1.51. The summed E-state index contributed by atoms with van der Waals surface area (Å²) in [7, 11) is 0. The minimum Gasteiger partial charge on any atom is -0.545 e. The van der Waals surface area contributed by atoms with Gasteiger partial charge in [0.05, 0.1) is 11.7 Å². The lowest BCUT2D eigenvalue weighted by Gasteiger charge is -2.07. The molecule has 0 aliphatic heterocycles. The van der Waals surface area contributed by atoms with Crippen molar-refractivity contribution in [3.8, 4) is 0 Å². The SMILES string of the molecule is O=C([O-])C=Cc1cccc(N(O)O)c1. The number of benzene rings is 1. The molecule has 0 spiro atoms. The Bertz CT molecular complexity index is 360. The van der Waals surface area contributed by atoms with E-state index >= 15 is 0 Å². The van der Waals surface area contributed by atoms with Crippen molar-refractivity contribution in [3.05, 3.63) is 35.9 Å². The molecular weight excluding hydrogens is 186 g/mol. The minimum atomic E-state index is -1.31. The van der Waals surface area contributed by atoms with Gasteiger partial charge in [-0.15, -0.1) is 5.23 Å². The second-order valence-corrected chi connectivity index (χ2v) is 2.54. The van der Waals surface area contributed by atoms with Crippen LogP contribution in [0.5, 0.6) is 0 Å².